The number of carbonyl (C=O) groups is 1. The summed E-state index contributed by atoms with van der Waals surface area (Å²) in [6.07, 6.45) is 5.60. The van der Waals surface area contributed by atoms with Crippen molar-refractivity contribution in [1.82, 2.24) is 9.88 Å². The minimum absolute atomic E-state index is 0.00999. The van der Waals surface area contributed by atoms with Crippen LogP contribution in [0, 0.1) is 17.4 Å². The van der Waals surface area contributed by atoms with Crippen molar-refractivity contribution in [3.05, 3.63) is 46.9 Å². The Morgan fingerprint density at radius 3 is 2.74 bits per heavy atom. The van der Waals surface area contributed by atoms with Crippen LogP contribution in [-0.2, 0) is 0 Å². The first kappa shape index (κ1) is 15.5. The SMILES string of the molecule is CN(C#N)CC1CC(N(C(=O)c2cncs2)c2ccccc2)C1. The molecule has 0 radical (unpaired) electrons. The lowest BCUT2D eigenvalue weighted by molar-refractivity contribution is 0.0945. The molecule has 0 bridgehead atoms. The smallest absolute Gasteiger partial charge is 0.270 e. The van der Waals surface area contributed by atoms with E-state index >= 15 is 0 Å². The molecule has 3 rings (SSSR count). The van der Waals surface area contributed by atoms with Gasteiger partial charge in [-0.15, -0.1) is 11.3 Å². The summed E-state index contributed by atoms with van der Waals surface area (Å²) >= 11 is 1.37. The first-order valence-electron chi connectivity index (χ1n) is 7.57. The second kappa shape index (κ2) is 6.80. The van der Waals surface area contributed by atoms with Crippen LogP contribution in [0.15, 0.2) is 42.0 Å². The number of nitriles is 1. The van der Waals surface area contributed by atoms with E-state index < -0.39 is 0 Å². The highest BCUT2D eigenvalue weighted by Gasteiger charge is 2.37. The Morgan fingerprint density at radius 2 is 2.13 bits per heavy atom. The highest BCUT2D eigenvalue weighted by atomic mass is 32.1. The zero-order valence-corrected chi connectivity index (χ0v) is 13.7. The molecule has 2 aromatic rings. The van der Waals surface area contributed by atoms with Crippen LogP contribution in [0.4, 0.5) is 5.69 Å². The molecule has 118 valence electrons. The van der Waals surface area contributed by atoms with Crippen molar-refractivity contribution in [1.29, 1.82) is 5.26 Å². The van der Waals surface area contributed by atoms with Crippen LogP contribution in [0.5, 0.6) is 0 Å². The molecule has 0 N–H and O–H groups in total. The number of nitrogens with zero attached hydrogens (tertiary/aromatic N) is 4. The summed E-state index contributed by atoms with van der Waals surface area (Å²) in [5, 5.41) is 8.88. The molecule has 1 aliphatic rings. The third-order valence-electron chi connectivity index (χ3n) is 4.18. The molecule has 5 nitrogen and oxygen atoms in total. The van der Waals surface area contributed by atoms with Crippen LogP contribution in [-0.4, -0.2) is 35.4 Å². The van der Waals surface area contributed by atoms with Gasteiger partial charge >= 0.3 is 0 Å². The van der Waals surface area contributed by atoms with Gasteiger partial charge in [-0.05, 0) is 30.9 Å². The fourth-order valence-electron chi connectivity index (χ4n) is 3.01. The molecule has 6 heteroatoms. The summed E-state index contributed by atoms with van der Waals surface area (Å²) in [7, 11) is 1.80. The van der Waals surface area contributed by atoms with Crippen molar-refractivity contribution in [2.24, 2.45) is 5.92 Å². The summed E-state index contributed by atoms with van der Waals surface area (Å²) in [6, 6.07) is 9.96. The monoisotopic (exact) mass is 326 g/mol. The maximum Gasteiger partial charge on any atom is 0.270 e. The summed E-state index contributed by atoms with van der Waals surface area (Å²) in [5.74, 6) is 0.473. The largest absolute Gasteiger partial charge is 0.313 e. The molecule has 0 unspecified atom stereocenters. The molecular formula is C17H18N4OS. The molecular weight excluding hydrogens is 308 g/mol. The Kier molecular flexibility index (Phi) is 4.58. The van der Waals surface area contributed by atoms with Crippen molar-refractivity contribution in [2.45, 2.75) is 18.9 Å². The lowest BCUT2D eigenvalue weighted by Crippen LogP contribution is -2.50. The van der Waals surface area contributed by atoms with Crippen LogP contribution in [0.3, 0.4) is 0 Å². The molecule has 1 amide bonds. The van der Waals surface area contributed by atoms with Gasteiger partial charge in [0.15, 0.2) is 6.19 Å². The van der Waals surface area contributed by atoms with Crippen LogP contribution in [0.1, 0.15) is 22.5 Å². The van der Waals surface area contributed by atoms with E-state index in [9.17, 15) is 4.79 Å². The molecule has 0 atom stereocenters. The Labute approximate surface area is 139 Å². The maximum absolute atomic E-state index is 12.9. The van der Waals surface area contributed by atoms with Crippen LogP contribution in [0.25, 0.3) is 0 Å². The maximum atomic E-state index is 12.9. The van der Waals surface area contributed by atoms with E-state index in [4.69, 9.17) is 5.26 Å². The number of thiazole rings is 1. The number of rotatable bonds is 5. The zero-order chi connectivity index (χ0) is 16.2. The van der Waals surface area contributed by atoms with Crippen molar-refractivity contribution in [3.8, 4) is 6.19 Å². The quantitative estimate of drug-likeness (QED) is 0.626. The lowest BCUT2D eigenvalue weighted by Gasteiger charge is -2.43. The van der Waals surface area contributed by atoms with E-state index in [0.717, 1.165) is 25.1 Å². The van der Waals surface area contributed by atoms with E-state index in [0.29, 0.717) is 10.8 Å². The van der Waals surface area contributed by atoms with Crippen molar-refractivity contribution < 1.29 is 4.79 Å². The molecule has 1 heterocycles. The Bertz CT molecular complexity index is 689. The van der Waals surface area contributed by atoms with Gasteiger partial charge in [0.1, 0.15) is 4.88 Å². The van der Waals surface area contributed by atoms with Gasteiger partial charge in [0.2, 0.25) is 0 Å². The number of hydrogen-bond acceptors (Lipinski definition) is 5. The molecule has 1 aromatic heterocycles. The lowest BCUT2D eigenvalue weighted by atomic mass is 9.78. The number of aromatic nitrogens is 1. The fraction of sp³-hybridized carbons (Fsp3) is 0.353. The summed E-state index contributed by atoms with van der Waals surface area (Å²) < 4.78 is 0. The third kappa shape index (κ3) is 3.35. The number of benzene rings is 1. The predicted octanol–water partition coefficient (Wildman–Crippen LogP) is 2.98. The molecule has 0 saturated heterocycles. The third-order valence-corrected chi connectivity index (χ3v) is 4.94. The first-order chi connectivity index (χ1) is 11.2. The van der Waals surface area contributed by atoms with Gasteiger partial charge in [-0.3, -0.25) is 9.78 Å². The Balaban J connectivity index is 1.76. The van der Waals surface area contributed by atoms with Crippen LogP contribution in [0.2, 0.25) is 0 Å². The summed E-state index contributed by atoms with van der Waals surface area (Å²) in [4.78, 5) is 21.1. The molecule has 23 heavy (non-hydrogen) atoms. The second-order valence-electron chi connectivity index (χ2n) is 5.85. The minimum Gasteiger partial charge on any atom is -0.313 e. The molecule has 1 saturated carbocycles. The number of anilines is 1. The number of carbonyl (C=O) groups excluding carboxylic acids is 1. The standard InChI is InChI=1S/C17H18N4OS/c1-20(11-18)10-13-7-15(8-13)21(14-5-3-2-4-6-14)17(22)16-9-19-12-23-16/h2-6,9,12-13,15H,7-8,10H2,1H3. The van der Waals surface area contributed by atoms with E-state index in [-0.39, 0.29) is 11.9 Å². The van der Waals surface area contributed by atoms with Crippen LogP contribution < -0.4 is 4.90 Å². The van der Waals surface area contributed by atoms with Crippen LogP contribution >= 0.6 is 11.3 Å². The van der Waals surface area contributed by atoms with E-state index in [1.807, 2.05) is 35.2 Å². The fourth-order valence-corrected chi connectivity index (χ4v) is 3.57. The van der Waals surface area contributed by atoms with Gasteiger partial charge < -0.3 is 9.80 Å². The highest BCUT2D eigenvalue weighted by Crippen LogP contribution is 2.36. The highest BCUT2D eigenvalue weighted by molar-refractivity contribution is 7.11. The average molecular weight is 326 g/mol. The van der Waals surface area contributed by atoms with Crippen molar-refractivity contribution in [2.75, 3.05) is 18.5 Å². The van der Waals surface area contributed by atoms with Gasteiger partial charge in [0, 0.05) is 25.3 Å². The van der Waals surface area contributed by atoms with E-state index in [1.165, 1.54) is 11.3 Å². The summed E-state index contributed by atoms with van der Waals surface area (Å²) in [5.41, 5.74) is 2.60. The normalized spacial score (nSPS) is 19.5. The minimum atomic E-state index is 0.00999. The van der Waals surface area contributed by atoms with Crippen molar-refractivity contribution >= 4 is 22.9 Å². The first-order valence-corrected chi connectivity index (χ1v) is 8.45. The molecule has 1 aliphatic carbocycles. The van der Waals surface area contributed by atoms with Gasteiger partial charge in [-0.1, -0.05) is 18.2 Å². The van der Waals surface area contributed by atoms with Gasteiger partial charge in [-0.25, -0.2) is 0 Å². The van der Waals surface area contributed by atoms with Gasteiger partial charge in [0.05, 0.1) is 11.7 Å². The zero-order valence-electron chi connectivity index (χ0n) is 12.9. The summed E-state index contributed by atoms with van der Waals surface area (Å²) in [6.45, 7) is 0.754. The van der Waals surface area contributed by atoms with E-state index in [1.54, 1.807) is 23.7 Å². The number of hydrogen-bond donors (Lipinski definition) is 0. The van der Waals surface area contributed by atoms with E-state index in [2.05, 4.69) is 11.2 Å². The molecule has 1 aromatic carbocycles. The Hall–Kier alpha value is -2.39. The molecule has 1 fully saturated rings. The van der Waals surface area contributed by atoms with Gasteiger partial charge in [-0.2, -0.15) is 5.26 Å². The predicted molar refractivity (Wildman–Crippen MR) is 90.1 cm³/mol. The number of amides is 1. The molecule has 0 spiro atoms. The van der Waals surface area contributed by atoms with Crippen molar-refractivity contribution in [3.63, 3.8) is 0 Å². The topological polar surface area (TPSA) is 60.2 Å². The van der Waals surface area contributed by atoms with Gasteiger partial charge in [0.25, 0.3) is 5.91 Å². The second-order valence-corrected chi connectivity index (χ2v) is 6.73. The molecule has 0 aliphatic heterocycles. The Morgan fingerprint density at radius 1 is 1.39 bits per heavy atom. The number of para-hydroxylation sites is 1. The average Bonchev–Trinajstić information content (AvgIpc) is 3.07.